The number of unbranched alkanes of at least 4 members (excludes halogenated alkanes) is 1. The van der Waals surface area contributed by atoms with E-state index in [-0.39, 0.29) is 5.75 Å². The molecule has 0 unspecified atom stereocenters. The lowest BCUT2D eigenvalue weighted by molar-refractivity contribution is -0.124. The lowest BCUT2D eigenvalue weighted by Crippen LogP contribution is -2.17. The summed E-state index contributed by atoms with van der Waals surface area (Å²) in [6, 6.07) is 14.7. The summed E-state index contributed by atoms with van der Waals surface area (Å²) in [7, 11) is 0. The van der Waals surface area contributed by atoms with Gasteiger partial charge in [-0.05, 0) is 61.2 Å². The first kappa shape index (κ1) is 21.5. The minimum Gasteiger partial charge on any atom is -0.508 e. The second-order valence-corrected chi connectivity index (χ2v) is 6.11. The van der Waals surface area contributed by atoms with Crippen molar-refractivity contribution < 1.29 is 24.6 Å². The molecule has 4 N–H and O–H groups in total. The number of hydrogen-bond donors (Lipinski definition) is 4. The number of hydrogen-bond acceptors (Lipinski definition) is 6. The number of carbonyl (C=O) groups is 2. The number of amides is 2. The largest absolute Gasteiger partial charge is 0.508 e. The Hall–Kier alpha value is -3.83. The zero-order valence-corrected chi connectivity index (χ0v) is 15.5. The molecule has 0 heterocycles. The fourth-order valence-corrected chi connectivity index (χ4v) is 2.54. The van der Waals surface area contributed by atoms with Gasteiger partial charge in [-0.2, -0.15) is 5.26 Å². The molecule has 0 aromatic heterocycles. The van der Waals surface area contributed by atoms with E-state index >= 15 is 0 Å². The van der Waals surface area contributed by atoms with E-state index in [4.69, 9.17) is 15.2 Å². The van der Waals surface area contributed by atoms with Crippen LogP contribution in [0, 0.1) is 11.3 Å². The van der Waals surface area contributed by atoms with Gasteiger partial charge in [0.15, 0.2) is 0 Å². The molecule has 8 heteroatoms. The zero-order chi connectivity index (χ0) is 21.1. The third-order valence-corrected chi connectivity index (χ3v) is 3.99. The van der Waals surface area contributed by atoms with E-state index in [2.05, 4.69) is 5.32 Å². The van der Waals surface area contributed by atoms with Crippen LogP contribution in [0.5, 0.6) is 5.75 Å². The summed E-state index contributed by atoms with van der Waals surface area (Å²) < 4.78 is 5.55. The second kappa shape index (κ2) is 11.1. The normalized spacial score (nSPS) is 11.4. The van der Waals surface area contributed by atoms with Crippen LogP contribution in [0.25, 0.3) is 0 Å². The van der Waals surface area contributed by atoms with E-state index < -0.39 is 18.1 Å². The number of carbonyl (C=O) groups excluding carboxylic acids is 2. The molecule has 29 heavy (non-hydrogen) atoms. The third-order valence-electron chi connectivity index (χ3n) is 3.99. The second-order valence-electron chi connectivity index (χ2n) is 6.11. The molecular weight excluding hydrogens is 374 g/mol. The highest BCUT2D eigenvalue weighted by atomic mass is 16.6. The monoisotopic (exact) mass is 395 g/mol. The molecule has 0 radical (unpaired) electrons. The van der Waals surface area contributed by atoms with Crippen LogP contribution in [-0.4, -0.2) is 22.3 Å². The van der Waals surface area contributed by atoms with Gasteiger partial charge in [0.2, 0.25) is 0 Å². The predicted molar refractivity (Wildman–Crippen MR) is 105 cm³/mol. The fourth-order valence-electron chi connectivity index (χ4n) is 2.54. The molecule has 2 rings (SSSR count). The number of allylic oxidation sites excluding steroid dienone is 1. The van der Waals surface area contributed by atoms with E-state index in [0.29, 0.717) is 30.5 Å². The Kier molecular flexibility index (Phi) is 8.23. The molecule has 0 saturated heterocycles. The Balaban J connectivity index is 1.99. The van der Waals surface area contributed by atoms with Crippen LogP contribution in [0.4, 0.5) is 10.5 Å². The molecule has 150 valence electrons. The summed E-state index contributed by atoms with van der Waals surface area (Å²) in [6.45, 7) is 0. The topological polar surface area (TPSA) is 132 Å². The average Bonchev–Trinajstić information content (AvgIpc) is 2.73. The molecule has 0 fully saturated rings. The van der Waals surface area contributed by atoms with Crippen molar-refractivity contribution in [2.24, 2.45) is 0 Å². The Bertz CT molecular complexity index is 886. The van der Waals surface area contributed by atoms with E-state index in [0.717, 1.165) is 5.56 Å². The smallest absolute Gasteiger partial charge is 0.412 e. The maximum absolute atomic E-state index is 12.3. The maximum atomic E-state index is 12.3. The lowest BCUT2D eigenvalue weighted by Gasteiger charge is -2.18. The summed E-state index contributed by atoms with van der Waals surface area (Å²) in [5, 5.41) is 29.4. The van der Waals surface area contributed by atoms with E-state index in [1.165, 1.54) is 23.7 Å². The number of hydroxylamine groups is 1. The lowest BCUT2D eigenvalue weighted by atomic mass is 10.0. The minimum absolute atomic E-state index is 0.104. The molecular formula is C21H21N3O5. The van der Waals surface area contributed by atoms with Crippen LogP contribution < -0.4 is 10.8 Å². The molecule has 8 nitrogen and oxygen atoms in total. The van der Waals surface area contributed by atoms with Gasteiger partial charge in [-0.1, -0.05) is 18.2 Å². The fraction of sp³-hybridized carbons (Fsp3) is 0.190. The van der Waals surface area contributed by atoms with Gasteiger partial charge in [0.25, 0.3) is 5.91 Å². The standard InChI is InChI=1S/C21H21N3O5/c22-14-15-6-10-17(11-7-15)23-21(27)29-19(16-8-12-18(25)13-9-16)4-2-1-3-5-20(26)24-28/h3,5-13,19,25,28H,1-2,4H2,(H,23,27)(H,24,26)/b5-3+/t19-/m0/s1. The number of rotatable bonds is 8. The molecule has 2 amide bonds. The average molecular weight is 395 g/mol. The van der Waals surface area contributed by atoms with E-state index in [9.17, 15) is 14.7 Å². The number of phenols is 1. The number of ether oxygens (including phenoxy) is 1. The van der Waals surface area contributed by atoms with Crippen molar-refractivity contribution in [1.82, 2.24) is 5.48 Å². The van der Waals surface area contributed by atoms with Crippen molar-refractivity contribution in [1.29, 1.82) is 5.26 Å². The minimum atomic E-state index is -0.650. The maximum Gasteiger partial charge on any atom is 0.412 e. The van der Waals surface area contributed by atoms with Gasteiger partial charge in [-0.25, -0.2) is 10.3 Å². The first-order valence-electron chi connectivity index (χ1n) is 8.89. The van der Waals surface area contributed by atoms with Crippen molar-refractivity contribution in [2.75, 3.05) is 5.32 Å². The predicted octanol–water partition coefficient (Wildman–Crippen LogP) is 3.79. The van der Waals surface area contributed by atoms with Gasteiger partial charge in [-0.15, -0.1) is 0 Å². The third kappa shape index (κ3) is 7.36. The van der Waals surface area contributed by atoms with Crippen molar-refractivity contribution in [2.45, 2.75) is 25.4 Å². The molecule has 0 aliphatic carbocycles. The first-order valence-corrected chi connectivity index (χ1v) is 8.89. The highest BCUT2D eigenvalue weighted by Gasteiger charge is 2.17. The summed E-state index contributed by atoms with van der Waals surface area (Å²) in [6.07, 6.45) is 3.26. The molecule has 0 aliphatic rings. The van der Waals surface area contributed by atoms with Gasteiger partial charge in [-0.3, -0.25) is 15.3 Å². The number of anilines is 1. The molecule has 2 aromatic carbocycles. The molecule has 0 aliphatic heterocycles. The summed E-state index contributed by atoms with van der Waals surface area (Å²) >= 11 is 0. The van der Waals surface area contributed by atoms with Crippen LogP contribution in [-0.2, 0) is 9.53 Å². The van der Waals surface area contributed by atoms with Crippen molar-refractivity contribution in [3.8, 4) is 11.8 Å². The number of benzene rings is 2. The SMILES string of the molecule is N#Cc1ccc(NC(=O)O[C@@H](CCC/C=C/C(=O)NO)c2ccc(O)cc2)cc1. The van der Waals surface area contributed by atoms with E-state index in [1.807, 2.05) is 6.07 Å². The summed E-state index contributed by atoms with van der Waals surface area (Å²) in [4.78, 5) is 23.2. The molecule has 0 bridgehead atoms. The summed E-state index contributed by atoms with van der Waals surface area (Å²) in [5.74, 6) is -0.509. The first-order chi connectivity index (χ1) is 14.0. The van der Waals surface area contributed by atoms with Gasteiger partial charge in [0.05, 0.1) is 11.6 Å². The Morgan fingerprint density at radius 3 is 2.45 bits per heavy atom. The highest BCUT2D eigenvalue weighted by Crippen LogP contribution is 2.26. The van der Waals surface area contributed by atoms with Crippen LogP contribution in [0.3, 0.4) is 0 Å². The quantitative estimate of drug-likeness (QED) is 0.233. The number of nitriles is 1. The molecule has 0 spiro atoms. The van der Waals surface area contributed by atoms with Gasteiger partial charge in [0.1, 0.15) is 11.9 Å². The highest BCUT2D eigenvalue weighted by molar-refractivity contribution is 5.86. The van der Waals surface area contributed by atoms with Crippen LogP contribution in [0.1, 0.15) is 36.5 Å². The Morgan fingerprint density at radius 1 is 1.14 bits per heavy atom. The number of nitrogens with zero attached hydrogens (tertiary/aromatic N) is 1. The molecule has 1 atom stereocenters. The Morgan fingerprint density at radius 2 is 1.83 bits per heavy atom. The molecule has 0 saturated carbocycles. The summed E-state index contributed by atoms with van der Waals surface area (Å²) in [5.41, 5.74) is 3.20. The van der Waals surface area contributed by atoms with Crippen LogP contribution in [0.2, 0.25) is 0 Å². The van der Waals surface area contributed by atoms with Crippen LogP contribution >= 0.6 is 0 Å². The number of aromatic hydroxyl groups is 1. The van der Waals surface area contributed by atoms with E-state index in [1.54, 1.807) is 42.5 Å². The van der Waals surface area contributed by atoms with Crippen molar-refractivity contribution in [3.63, 3.8) is 0 Å². The van der Waals surface area contributed by atoms with Gasteiger partial charge >= 0.3 is 6.09 Å². The van der Waals surface area contributed by atoms with Crippen LogP contribution in [0.15, 0.2) is 60.7 Å². The Labute approximate surface area is 168 Å². The van der Waals surface area contributed by atoms with Gasteiger partial charge < -0.3 is 9.84 Å². The molecule has 2 aromatic rings. The van der Waals surface area contributed by atoms with Crippen molar-refractivity contribution in [3.05, 3.63) is 71.8 Å². The number of nitrogens with one attached hydrogen (secondary N) is 2. The number of phenolic OH excluding ortho intramolecular Hbond substituents is 1. The van der Waals surface area contributed by atoms with Crippen molar-refractivity contribution >= 4 is 17.7 Å². The zero-order valence-electron chi connectivity index (χ0n) is 15.5. The van der Waals surface area contributed by atoms with Gasteiger partial charge in [0, 0.05) is 11.8 Å².